The van der Waals surface area contributed by atoms with Gasteiger partial charge in [0.2, 0.25) is 0 Å². The predicted molar refractivity (Wildman–Crippen MR) is 72.4 cm³/mol. The van der Waals surface area contributed by atoms with Crippen LogP contribution in [0.15, 0.2) is 11.0 Å². The van der Waals surface area contributed by atoms with Gasteiger partial charge in [-0.1, -0.05) is 18.5 Å². The molecule has 0 aliphatic rings. The van der Waals surface area contributed by atoms with Crippen molar-refractivity contribution in [3.63, 3.8) is 0 Å². The number of hydrogen-bond acceptors (Lipinski definition) is 5. The van der Waals surface area contributed by atoms with Crippen LogP contribution < -0.4 is 10.9 Å². The number of hydrogen-bond donors (Lipinski definition) is 1. The van der Waals surface area contributed by atoms with Gasteiger partial charge in [0.15, 0.2) is 9.84 Å². The second kappa shape index (κ2) is 6.65. The normalized spacial score (nSPS) is 12.4. The monoisotopic (exact) mass is 347 g/mol. The van der Waals surface area contributed by atoms with E-state index in [1.807, 2.05) is 0 Å². The largest absolute Gasteiger partial charge is 0.408 e. The molecule has 0 saturated carbocycles. The quantitative estimate of drug-likeness (QED) is 0.839. The van der Waals surface area contributed by atoms with Crippen LogP contribution in [0.4, 0.5) is 18.9 Å². The lowest BCUT2D eigenvalue weighted by Gasteiger charge is -2.11. The van der Waals surface area contributed by atoms with E-state index in [0.717, 1.165) is 6.20 Å². The zero-order valence-electron chi connectivity index (χ0n) is 10.9. The highest BCUT2D eigenvalue weighted by Gasteiger charge is 2.29. The standard InChI is InChI=1S/C10H13ClF3N3O3S/c1-2-21(19,20)4-3-15-7-5-16-17(6-10(12,13)14)9(18)8(7)11/h5,15H,2-4,6H2,1H3. The molecule has 1 rings (SSSR count). The van der Waals surface area contributed by atoms with Gasteiger partial charge in [-0.25, -0.2) is 13.1 Å². The van der Waals surface area contributed by atoms with Gasteiger partial charge in [0.05, 0.1) is 17.6 Å². The lowest BCUT2D eigenvalue weighted by Crippen LogP contribution is -2.31. The molecule has 1 aromatic rings. The fourth-order valence-electron chi connectivity index (χ4n) is 1.36. The molecule has 1 heterocycles. The van der Waals surface area contributed by atoms with Gasteiger partial charge in [-0.15, -0.1) is 0 Å². The number of halogens is 4. The van der Waals surface area contributed by atoms with Crippen molar-refractivity contribution < 1.29 is 21.6 Å². The highest BCUT2D eigenvalue weighted by atomic mass is 35.5. The number of anilines is 1. The van der Waals surface area contributed by atoms with Crippen molar-refractivity contribution in [1.29, 1.82) is 0 Å². The van der Waals surface area contributed by atoms with Crippen molar-refractivity contribution in [2.75, 3.05) is 23.4 Å². The number of sulfone groups is 1. The van der Waals surface area contributed by atoms with E-state index in [1.165, 1.54) is 6.92 Å². The van der Waals surface area contributed by atoms with Crippen LogP contribution in [0.25, 0.3) is 0 Å². The summed E-state index contributed by atoms with van der Waals surface area (Å²) >= 11 is 5.66. The molecule has 1 N–H and O–H groups in total. The summed E-state index contributed by atoms with van der Waals surface area (Å²) in [6.07, 6.45) is -3.64. The minimum absolute atomic E-state index is 0.00797. The van der Waals surface area contributed by atoms with Crippen LogP contribution in [0.2, 0.25) is 5.02 Å². The molecule has 0 aliphatic heterocycles. The van der Waals surface area contributed by atoms with Crippen molar-refractivity contribution >= 4 is 27.1 Å². The van der Waals surface area contributed by atoms with Gasteiger partial charge in [-0.3, -0.25) is 4.79 Å². The Labute approximate surface area is 123 Å². The smallest absolute Gasteiger partial charge is 0.381 e. The molecule has 120 valence electrons. The molecule has 6 nitrogen and oxygen atoms in total. The predicted octanol–water partition coefficient (Wildman–Crippen LogP) is 1.31. The van der Waals surface area contributed by atoms with Crippen molar-refractivity contribution in [3.05, 3.63) is 21.6 Å². The first-order chi connectivity index (χ1) is 9.56. The molecule has 0 aliphatic carbocycles. The van der Waals surface area contributed by atoms with Gasteiger partial charge in [-0.2, -0.15) is 18.3 Å². The summed E-state index contributed by atoms with van der Waals surface area (Å²) in [6.45, 7) is -0.0848. The van der Waals surface area contributed by atoms with E-state index < -0.39 is 33.1 Å². The fraction of sp³-hybridized carbons (Fsp3) is 0.600. The van der Waals surface area contributed by atoms with Crippen molar-refractivity contribution in [3.8, 4) is 0 Å². The van der Waals surface area contributed by atoms with Gasteiger partial charge < -0.3 is 5.32 Å². The molecule has 0 radical (unpaired) electrons. The lowest BCUT2D eigenvalue weighted by molar-refractivity contribution is -0.143. The Morgan fingerprint density at radius 2 is 2.05 bits per heavy atom. The third-order valence-electron chi connectivity index (χ3n) is 2.48. The molecular formula is C10H13ClF3N3O3S. The SMILES string of the molecule is CCS(=O)(=O)CCNc1cnn(CC(F)(F)F)c(=O)c1Cl. The van der Waals surface area contributed by atoms with Gasteiger partial charge >= 0.3 is 6.18 Å². The summed E-state index contributed by atoms with van der Waals surface area (Å²) < 4.78 is 59.3. The fourth-order valence-corrected chi connectivity index (χ4v) is 2.27. The maximum Gasteiger partial charge on any atom is 0.408 e. The highest BCUT2D eigenvalue weighted by Crippen LogP contribution is 2.18. The molecule has 0 atom stereocenters. The van der Waals surface area contributed by atoms with Crippen molar-refractivity contribution in [2.24, 2.45) is 0 Å². The summed E-state index contributed by atoms with van der Waals surface area (Å²) in [7, 11) is -3.20. The molecule has 0 aromatic carbocycles. The second-order valence-corrected chi connectivity index (χ2v) is 6.96. The van der Waals surface area contributed by atoms with E-state index in [1.54, 1.807) is 0 Å². The van der Waals surface area contributed by atoms with Crippen LogP contribution in [0, 0.1) is 0 Å². The van der Waals surface area contributed by atoms with Crippen LogP contribution in [-0.4, -0.2) is 42.4 Å². The molecular weight excluding hydrogens is 335 g/mol. The summed E-state index contributed by atoms with van der Waals surface area (Å²) in [6, 6.07) is 0. The number of alkyl halides is 3. The average Bonchev–Trinajstić information content (AvgIpc) is 2.36. The maximum absolute atomic E-state index is 12.2. The topological polar surface area (TPSA) is 81.1 Å². The van der Waals surface area contributed by atoms with Crippen molar-refractivity contribution in [1.82, 2.24) is 9.78 Å². The maximum atomic E-state index is 12.2. The molecule has 0 bridgehead atoms. The summed E-state index contributed by atoms with van der Waals surface area (Å²) in [5.74, 6) is -0.223. The van der Waals surface area contributed by atoms with Gasteiger partial charge in [-0.05, 0) is 0 Å². The van der Waals surface area contributed by atoms with Crippen molar-refractivity contribution in [2.45, 2.75) is 19.6 Å². The third-order valence-corrected chi connectivity index (χ3v) is 4.55. The van der Waals surface area contributed by atoms with E-state index in [0.29, 0.717) is 0 Å². The molecule has 0 fully saturated rings. The molecule has 0 spiro atoms. The first kappa shape index (κ1) is 17.8. The Balaban J connectivity index is 2.83. The van der Waals surface area contributed by atoms with Crippen LogP contribution in [-0.2, 0) is 16.4 Å². The van der Waals surface area contributed by atoms with E-state index in [2.05, 4.69) is 10.4 Å². The molecule has 0 amide bonds. The Bertz CT molecular complexity index is 658. The number of nitrogens with one attached hydrogen (secondary N) is 1. The molecule has 21 heavy (non-hydrogen) atoms. The van der Waals surface area contributed by atoms with Crippen LogP contribution in [0.3, 0.4) is 0 Å². The van der Waals surface area contributed by atoms with E-state index >= 15 is 0 Å². The first-order valence-corrected chi connectivity index (χ1v) is 8.02. The molecule has 11 heteroatoms. The van der Waals surface area contributed by atoms with Gasteiger partial charge in [0.1, 0.15) is 11.6 Å². The minimum Gasteiger partial charge on any atom is -0.381 e. The van der Waals surface area contributed by atoms with E-state index in [-0.39, 0.29) is 28.4 Å². The lowest BCUT2D eigenvalue weighted by atomic mass is 10.4. The number of nitrogens with zero attached hydrogens (tertiary/aromatic N) is 2. The van der Waals surface area contributed by atoms with E-state index in [9.17, 15) is 26.4 Å². The average molecular weight is 348 g/mol. The van der Waals surface area contributed by atoms with Crippen LogP contribution in [0.5, 0.6) is 0 Å². The highest BCUT2D eigenvalue weighted by molar-refractivity contribution is 7.91. The Hall–Kier alpha value is -1.29. The minimum atomic E-state index is -4.59. The zero-order valence-corrected chi connectivity index (χ0v) is 12.5. The molecule has 0 saturated heterocycles. The Morgan fingerprint density at radius 1 is 1.43 bits per heavy atom. The van der Waals surface area contributed by atoms with Crippen LogP contribution >= 0.6 is 11.6 Å². The number of aromatic nitrogens is 2. The molecule has 0 unspecified atom stereocenters. The second-order valence-electron chi connectivity index (χ2n) is 4.11. The zero-order chi connectivity index (χ0) is 16.3. The Kier molecular flexibility index (Phi) is 5.62. The van der Waals surface area contributed by atoms with Gasteiger partial charge in [0.25, 0.3) is 5.56 Å². The summed E-state index contributed by atoms with van der Waals surface area (Å²) in [5, 5.41) is 5.44. The third kappa shape index (κ3) is 5.54. The molecule has 1 aromatic heterocycles. The summed E-state index contributed by atoms with van der Waals surface area (Å²) in [5.41, 5.74) is -1.11. The van der Waals surface area contributed by atoms with Gasteiger partial charge in [0, 0.05) is 12.3 Å². The van der Waals surface area contributed by atoms with E-state index in [4.69, 9.17) is 11.6 Å². The first-order valence-electron chi connectivity index (χ1n) is 5.82. The van der Waals surface area contributed by atoms with Crippen LogP contribution in [0.1, 0.15) is 6.92 Å². The number of rotatable bonds is 6. The Morgan fingerprint density at radius 3 is 2.57 bits per heavy atom. The summed E-state index contributed by atoms with van der Waals surface area (Å²) in [4.78, 5) is 11.6.